The fourth-order valence-corrected chi connectivity index (χ4v) is 10.6. The average molecular weight is 1200 g/mol. The zero-order valence-electron chi connectivity index (χ0n) is 50.4. The highest BCUT2D eigenvalue weighted by atomic mass is 32.2. The number of ether oxygens (including phenoxy) is 5. The minimum Gasteiger partial charge on any atom is -0.458 e. The average Bonchev–Trinajstić information content (AvgIpc) is 1.56. The summed E-state index contributed by atoms with van der Waals surface area (Å²) in [6, 6.07) is 15.5. The van der Waals surface area contributed by atoms with Crippen molar-refractivity contribution in [2.75, 3.05) is 51.3 Å². The molecule has 4 aromatic rings. The number of aromatic nitrogens is 2. The van der Waals surface area contributed by atoms with Crippen LogP contribution in [0.5, 0.6) is 0 Å². The summed E-state index contributed by atoms with van der Waals surface area (Å²) < 4.78 is 29.2. The number of unbranched alkanes of at least 4 members (excludes halogenated alkanes) is 1. The topological polar surface area (TPSA) is 276 Å². The molecule has 86 heavy (non-hydrogen) atoms. The second kappa shape index (κ2) is 30.3. The van der Waals surface area contributed by atoms with Crippen LogP contribution >= 0.6 is 11.8 Å². The van der Waals surface area contributed by atoms with Gasteiger partial charge in [-0.2, -0.15) is 0 Å². The normalized spacial score (nSPS) is 15.0. The van der Waals surface area contributed by atoms with Crippen LogP contribution in [0.1, 0.15) is 122 Å². The summed E-state index contributed by atoms with van der Waals surface area (Å²) >= 11 is 1.72. The molecule has 5 N–H and O–H groups in total. The van der Waals surface area contributed by atoms with E-state index >= 15 is 0 Å². The first-order valence-electron chi connectivity index (χ1n) is 28.8. The summed E-state index contributed by atoms with van der Waals surface area (Å²) in [6.07, 6.45) is 10.7. The second-order valence-corrected chi connectivity index (χ2v) is 24.2. The number of amides is 5. The van der Waals surface area contributed by atoms with E-state index in [2.05, 4.69) is 56.7 Å². The van der Waals surface area contributed by atoms with Gasteiger partial charge in [0.25, 0.3) is 5.56 Å². The number of carbonyl (C=O) groups excluding carboxylic acids is 7. The number of allylic oxidation sites excluding steroid dienone is 3. The van der Waals surface area contributed by atoms with Gasteiger partial charge in [-0.05, 0) is 115 Å². The van der Waals surface area contributed by atoms with E-state index in [4.69, 9.17) is 28.7 Å². The molecule has 2 aromatic carbocycles. The first kappa shape index (κ1) is 65.4. The number of esters is 1. The Morgan fingerprint density at radius 2 is 1.70 bits per heavy atom. The summed E-state index contributed by atoms with van der Waals surface area (Å²) in [5, 5.41) is 16.5. The van der Waals surface area contributed by atoms with Crippen molar-refractivity contribution in [3.8, 4) is 11.4 Å². The van der Waals surface area contributed by atoms with Gasteiger partial charge in [0.2, 0.25) is 35.6 Å². The maximum absolute atomic E-state index is 14.1. The molecule has 0 fully saturated rings. The van der Waals surface area contributed by atoms with E-state index in [9.17, 15) is 38.4 Å². The van der Waals surface area contributed by atoms with Gasteiger partial charge in [0.1, 0.15) is 26.4 Å². The molecule has 0 aliphatic carbocycles. The fourth-order valence-electron chi connectivity index (χ4n) is 9.73. The molecule has 0 radical (unpaired) electrons. The minimum atomic E-state index is -1.60. The van der Waals surface area contributed by atoms with Crippen molar-refractivity contribution in [3.05, 3.63) is 129 Å². The van der Waals surface area contributed by atoms with Crippen molar-refractivity contribution in [2.24, 2.45) is 4.99 Å². The highest BCUT2D eigenvalue weighted by Gasteiger charge is 2.39. The Kier molecular flexibility index (Phi) is 23.0. The van der Waals surface area contributed by atoms with E-state index in [0.29, 0.717) is 65.8 Å². The van der Waals surface area contributed by atoms with Gasteiger partial charge in [-0.15, -0.1) is 0 Å². The zero-order valence-corrected chi connectivity index (χ0v) is 51.2. The van der Waals surface area contributed by atoms with Crippen LogP contribution in [0.15, 0.2) is 100 Å². The predicted octanol–water partition coefficient (Wildman–Crippen LogP) is 7.21. The second-order valence-electron chi connectivity index (χ2n) is 22.8. The third-order valence-electron chi connectivity index (χ3n) is 14.2. The maximum Gasteiger partial charge on any atom is 0.509 e. The number of thioether (sulfide) groups is 1. The largest absolute Gasteiger partial charge is 0.509 e. The highest BCUT2D eigenvalue weighted by molar-refractivity contribution is 8.14. The number of hydrogen-bond donors (Lipinski definition) is 5. The van der Waals surface area contributed by atoms with Crippen molar-refractivity contribution in [1.82, 2.24) is 35.7 Å². The molecule has 3 aliphatic heterocycles. The van der Waals surface area contributed by atoms with Crippen molar-refractivity contribution in [1.29, 1.82) is 0 Å². The molecule has 0 spiro atoms. The third kappa shape index (κ3) is 18.7. The van der Waals surface area contributed by atoms with E-state index in [1.807, 2.05) is 71.2 Å². The first-order chi connectivity index (χ1) is 41.0. The Morgan fingerprint density at radius 1 is 0.942 bits per heavy atom. The number of cyclic esters (lactones) is 1. The van der Waals surface area contributed by atoms with Crippen molar-refractivity contribution in [3.63, 3.8) is 0 Å². The van der Waals surface area contributed by atoms with Crippen LogP contribution < -0.4 is 32.1 Å². The first-order valence-corrected chi connectivity index (χ1v) is 29.7. The maximum atomic E-state index is 14.1. The van der Waals surface area contributed by atoms with Crippen molar-refractivity contribution >= 4 is 75.2 Å². The van der Waals surface area contributed by atoms with Gasteiger partial charge in [-0.25, -0.2) is 19.6 Å². The Balaban J connectivity index is 0.778. The molecular weight excluding hydrogens is 1120 g/mol. The number of carbonyl (C=O) groups is 7. The third-order valence-corrected chi connectivity index (χ3v) is 15.3. The van der Waals surface area contributed by atoms with Crippen LogP contribution in [0.4, 0.5) is 10.5 Å². The molecule has 2 aromatic heterocycles. The summed E-state index contributed by atoms with van der Waals surface area (Å²) in [5.41, 5.74) is 3.81. The Hall–Kier alpha value is -8.15. The lowest BCUT2D eigenvalue weighted by molar-refractivity contribution is -0.159. The predicted molar refractivity (Wildman–Crippen MR) is 328 cm³/mol. The van der Waals surface area contributed by atoms with E-state index in [0.717, 1.165) is 40.1 Å². The fraction of sp³-hybridized carbons (Fsp3) is 0.460. The lowest BCUT2D eigenvalue weighted by Gasteiger charge is -2.32. The molecule has 2 unspecified atom stereocenters. The molecule has 0 bridgehead atoms. The van der Waals surface area contributed by atoms with Gasteiger partial charge in [0, 0.05) is 72.7 Å². The molecule has 3 aliphatic rings. The van der Waals surface area contributed by atoms with Gasteiger partial charge in [0.05, 0.1) is 53.3 Å². The molecule has 7 rings (SSSR count). The number of para-hydroxylation sites is 1. The molecular formula is C63H79N9O13S. The number of amidine groups is 1. The van der Waals surface area contributed by atoms with Gasteiger partial charge >= 0.3 is 12.1 Å². The van der Waals surface area contributed by atoms with Crippen molar-refractivity contribution < 1.29 is 57.2 Å². The number of benzene rings is 2. The molecule has 23 heteroatoms. The molecule has 0 saturated heterocycles. The summed E-state index contributed by atoms with van der Waals surface area (Å²) in [6.45, 7) is 16.8. The molecule has 5 heterocycles. The van der Waals surface area contributed by atoms with Crippen LogP contribution in [0.2, 0.25) is 0 Å². The monoisotopic (exact) mass is 1200 g/mol. The van der Waals surface area contributed by atoms with Crippen LogP contribution in [-0.4, -0.2) is 130 Å². The summed E-state index contributed by atoms with van der Waals surface area (Å²) in [5.74, 6) is -2.66. The Labute approximate surface area is 505 Å². The minimum absolute atomic E-state index is 0.0131. The van der Waals surface area contributed by atoms with Gasteiger partial charge < -0.3 is 59.7 Å². The SMILES string of the molecule is CC=CCC(C)SC1=NC=C(/C=C\CCCC(=O)NCC(C)(C)OCC(C)(C)NC(=O)COCC(=O)NCC(=O)Nc2ccc(COC(=O)OC3C(=O)OCc4c3cc3n(c4=O)Cc4c-3nc3ccccc3c4CCN(C(C)=O)C(C)C)cc2)CN1. The van der Waals surface area contributed by atoms with E-state index in [1.165, 1.54) is 0 Å². The molecule has 0 saturated carbocycles. The van der Waals surface area contributed by atoms with Crippen LogP contribution in [0, 0.1) is 0 Å². The van der Waals surface area contributed by atoms with Crippen LogP contribution in [0.3, 0.4) is 0 Å². The summed E-state index contributed by atoms with van der Waals surface area (Å²) in [7, 11) is 0. The number of nitrogens with one attached hydrogen (secondary N) is 5. The smallest absolute Gasteiger partial charge is 0.458 e. The molecule has 22 nitrogen and oxygen atoms in total. The van der Waals surface area contributed by atoms with E-state index < -0.39 is 72.4 Å². The van der Waals surface area contributed by atoms with Crippen LogP contribution in [-0.2, 0) is 78.6 Å². The number of nitrogens with zero attached hydrogens (tertiary/aromatic N) is 4. The quantitative estimate of drug-likeness (QED) is 0.0188. The molecule has 5 amide bonds. The highest BCUT2D eigenvalue weighted by Crippen LogP contribution is 2.39. The number of fused-ring (bicyclic) bond motifs is 5. The molecule has 2 atom stereocenters. The number of aliphatic imine (C=N–C) groups is 1. The Morgan fingerprint density at radius 3 is 2.42 bits per heavy atom. The number of rotatable bonds is 28. The summed E-state index contributed by atoms with van der Waals surface area (Å²) in [4.78, 5) is 115. The lowest BCUT2D eigenvalue weighted by Crippen LogP contribution is -2.51. The van der Waals surface area contributed by atoms with Crippen molar-refractivity contribution in [2.45, 2.75) is 143 Å². The number of pyridine rings is 2. The van der Waals surface area contributed by atoms with Gasteiger partial charge in [-0.1, -0.05) is 73.3 Å². The molecule has 460 valence electrons. The van der Waals surface area contributed by atoms with E-state index in [-0.39, 0.29) is 61.9 Å². The Bertz CT molecular complexity index is 3350. The van der Waals surface area contributed by atoms with Crippen LogP contribution in [0.25, 0.3) is 22.3 Å². The lowest BCUT2D eigenvalue weighted by atomic mass is 9.96. The zero-order chi connectivity index (χ0) is 62.1. The van der Waals surface area contributed by atoms with Gasteiger partial charge in [-0.3, -0.25) is 28.8 Å². The standard InChI is InChI=1S/C63H79N9O13S/c1-10-11-17-40(4)86-60-65-29-43(30-66-60)18-13-12-14-21-52(74)67-37-63(8,9)84-38-62(6,7)70-55(77)36-81-35-54(76)64-31-53(75)68-44-24-22-42(23-25-44)33-83-61(80)85-57-47-28-51-56-48(32-72(51)58(78)49(47)34-82-59(57)79)45(26-27-71(39(2)3)41(5)73)46-19-15-16-20-50(46)69-56/h10-11,13,15-16,18-20,22-25,28-29,39-40,57H,12,14,17,21,26-27,30-38H2,1-9H3,(H,64,76)(H,65,66)(H,67,74)(H,68,75)(H,70,77)/b11-10?,18-13-. The number of anilines is 1. The van der Waals surface area contributed by atoms with Gasteiger partial charge in [0.15, 0.2) is 5.17 Å². The van der Waals surface area contributed by atoms with E-state index in [1.54, 1.807) is 72.3 Å². The number of hydrogen-bond acceptors (Lipinski definition) is 17.